The van der Waals surface area contributed by atoms with E-state index in [0.29, 0.717) is 27.8 Å². The van der Waals surface area contributed by atoms with Crippen LogP contribution in [-0.4, -0.2) is 31.7 Å². The van der Waals surface area contributed by atoms with E-state index in [-0.39, 0.29) is 30.1 Å². The Balaban J connectivity index is 1.77. The maximum Gasteiger partial charge on any atom is 0.254 e. The topological polar surface area (TPSA) is 92.7 Å². The van der Waals surface area contributed by atoms with Gasteiger partial charge in [-0.25, -0.2) is 14.4 Å². The van der Waals surface area contributed by atoms with Crippen molar-refractivity contribution in [3.63, 3.8) is 0 Å². The SMILES string of the molecule is CSc1nc(C)c(CCC(=O)NC(c2ccc(F)cc2)c2nccn2C)c(=O)[nH]1. The van der Waals surface area contributed by atoms with Gasteiger partial charge in [0.25, 0.3) is 5.56 Å². The monoisotopic (exact) mass is 415 g/mol. The summed E-state index contributed by atoms with van der Waals surface area (Å²) in [4.78, 5) is 36.3. The van der Waals surface area contributed by atoms with Crippen LogP contribution in [0.25, 0.3) is 0 Å². The molecule has 2 aromatic heterocycles. The molecule has 1 atom stereocenters. The summed E-state index contributed by atoms with van der Waals surface area (Å²) < 4.78 is 15.1. The number of carbonyl (C=O) groups is 1. The molecule has 0 radical (unpaired) electrons. The van der Waals surface area contributed by atoms with Gasteiger partial charge in [-0.15, -0.1) is 0 Å². The largest absolute Gasteiger partial charge is 0.342 e. The smallest absolute Gasteiger partial charge is 0.254 e. The van der Waals surface area contributed by atoms with E-state index < -0.39 is 6.04 Å². The van der Waals surface area contributed by atoms with Crippen molar-refractivity contribution >= 4 is 17.7 Å². The highest BCUT2D eigenvalue weighted by molar-refractivity contribution is 7.98. The van der Waals surface area contributed by atoms with E-state index in [9.17, 15) is 14.0 Å². The van der Waals surface area contributed by atoms with Gasteiger partial charge in [-0.3, -0.25) is 9.59 Å². The van der Waals surface area contributed by atoms with Crippen molar-refractivity contribution in [2.75, 3.05) is 6.26 Å². The second kappa shape index (κ2) is 9.04. The lowest BCUT2D eigenvalue weighted by molar-refractivity contribution is -0.121. The third kappa shape index (κ3) is 4.92. The van der Waals surface area contributed by atoms with Gasteiger partial charge < -0.3 is 14.9 Å². The number of rotatable bonds is 7. The number of imidazole rings is 1. The number of halogens is 1. The summed E-state index contributed by atoms with van der Waals surface area (Å²) in [6.07, 6.45) is 5.63. The van der Waals surface area contributed by atoms with Crippen molar-refractivity contribution < 1.29 is 9.18 Å². The molecular formula is C20H22FN5O2S. The summed E-state index contributed by atoms with van der Waals surface area (Å²) in [7, 11) is 1.83. The van der Waals surface area contributed by atoms with E-state index in [1.807, 2.05) is 13.3 Å². The molecular weight excluding hydrogens is 393 g/mol. The maximum absolute atomic E-state index is 13.3. The summed E-state index contributed by atoms with van der Waals surface area (Å²) in [6.45, 7) is 1.76. The highest BCUT2D eigenvalue weighted by Gasteiger charge is 2.21. The van der Waals surface area contributed by atoms with E-state index in [1.54, 1.807) is 36.0 Å². The predicted molar refractivity (Wildman–Crippen MR) is 109 cm³/mol. The van der Waals surface area contributed by atoms with Crippen LogP contribution in [0.2, 0.25) is 0 Å². The number of aromatic amines is 1. The number of nitrogens with zero attached hydrogens (tertiary/aromatic N) is 3. The fourth-order valence-electron chi connectivity index (χ4n) is 3.05. The standard InChI is InChI=1S/C20H22FN5O2S/c1-12-15(19(28)25-20(23-12)29-3)8-9-16(27)24-17(18-22-10-11-26(18)2)13-4-6-14(21)7-5-13/h4-7,10-11,17H,8-9H2,1-3H3,(H,24,27)(H,23,25,28). The van der Waals surface area contributed by atoms with Crippen LogP contribution in [0.5, 0.6) is 0 Å². The number of aromatic nitrogens is 4. The van der Waals surface area contributed by atoms with Crippen molar-refractivity contribution in [3.05, 3.63) is 75.5 Å². The van der Waals surface area contributed by atoms with Crippen molar-refractivity contribution in [3.8, 4) is 0 Å². The van der Waals surface area contributed by atoms with Crippen LogP contribution in [0.15, 0.2) is 46.6 Å². The lowest BCUT2D eigenvalue weighted by Crippen LogP contribution is -2.31. The number of amides is 1. The molecule has 1 amide bonds. The van der Waals surface area contributed by atoms with E-state index in [2.05, 4.69) is 20.3 Å². The molecule has 0 aliphatic carbocycles. The summed E-state index contributed by atoms with van der Waals surface area (Å²) in [5.41, 5.74) is 1.60. The maximum atomic E-state index is 13.3. The second-order valence-corrected chi connectivity index (χ2v) is 7.38. The van der Waals surface area contributed by atoms with Crippen molar-refractivity contribution in [1.29, 1.82) is 0 Å². The van der Waals surface area contributed by atoms with Crippen LogP contribution in [0.1, 0.15) is 35.1 Å². The lowest BCUT2D eigenvalue weighted by Gasteiger charge is -2.19. The number of nitrogens with one attached hydrogen (secondary N) is 2. The molecule has 0 aliphatic rings. The fourth-order valence-corrected chi connectivity index (χ4v) is 3.48. The Morgan fingerprint density at radius 2 is 2.07 bits per heavy atom. The van der Waals surface area contributed by atoms with Crippen LogP contribution in [0.4, 0.5) is 4.39 Å². The Morgan fingerprint density at radius 3 is 2.66 bits per heavy atom. The molecule has 3 aromatic rings. The Kier molecular flexibility index (Phi) is 6.48. The Morgan fingerprint density at radius 1 is 1.34 bits per heavy atom. The third-order valence-electron chi connectivity index (χ3n) is 4.62. The van der Waals surface area contributed by atoms with Crippen LogP contribution < -0.4 is 10.9 Å². The predicted octanol–water partition coefficient (Wildman–Crippen LogP) is 2.51. The summed E-state index contributed by atoms with van der Waals surface area (Å²) in [6, 6.07) is 5.40. The number of thioether (sulfide) groups is 1. The first-order valence-electron chi connectivity index (χ1n) is 9.05. The lowest BCUT2D eigenvalue weighted by atomic mass is 10.0. The number of aryl methyl sites for hydroxylation is 2. The third-order valence-corrected chi connectivity index (χ3v) is 5.20. The van der Waals surface area contributed by atoms with E-state index in [0.717, 1.165) is 0 Å². The Bertz CT molecular complexity index is 1060. The normalized spacial score (nSPS) is 12.0. The number of carbonyl (C=O) groups excluding carboxylic acids is 1. The van der Waals surface area contributed by atoms with Gasteiger partial charge in [0.2, 0.25) is 5.91 Å². The van der Waals surface area contributed by atoms with Gasteiger partial charge in [-0.1, -0.05) is 23.9 Å². The van der Waals surface area contributed by atoms with Gasteiger partial charge in [0, 0.05) is 37.1 Å². The molecule has 0 aliphatic heterocycles. The van der Waals surface area contributed by atoms with Crippen LogP contribution >= 0.6 is 11.8 Å². The molecule has 7 nitrogen and oxygen atoms in total. The van der Waals surface area contributed by atoms with Crippen LogP contribution in [-0.2, 0) is 18.3 Å². The minimum atomic E-state index is -0.528. The molecule has 9 heteroatoms. The molecule has 0 fully saturated rings. The number of hydrogen-bond acceptors (Lipinski definition) is 5. The average Bonchev–Trinajstić information content (AvgIpc) is 3.11. The van der Waals surface area contributed by atoms with E-state index in [4.69, 9.17) is 0 Å². The van der Waals surface area contributed by atoms with E-state index in [1.165, 1.54) is 23.9 Å². The zero-order chi connectivity index (χ0) is 21.0. The Hall–Kier alpha value is -2.94. The summed E-state index contributed by atoms with van der Waals surface area (Å²) >= 11 is 1.36. The molecule has 0 saturated carbocycles. The van der Waals surface area contributed by atoms with Gasteiger partial charge in [-0.2, -0.15) is 0 Å². The van der Waals surface area contributed by atoms with Gasteiger partial charge in [-0.05, 0) is 37.3 Å². The summed E-state index contributed by atoms with van der Waals surface area (Å²) in [5, 5.41) is 3.49. The number of H-pyrrole nitrogens is 1. The van der Waals surface area contributed by atoms with Crippen molar-refractivity contribution in [2.24, 2.45) is 7.05 Å². The number of benzene rings is 1. The molecule has 3 rings (SSSR count). The fraction of sp³-hybridized carbons (Fsp3) is 0.300. The van der Waals surface area contributed by atoms with Crippen LogP contribution in [0.3, 0.4) is 0 Å². The zero-order valence-electron chi connectivity index (χ0n) is 16.4. The molecule has 0 bridgehead atoms. The van der Waals surface area contributed by atoms with Crippen molar-refractivity contribution in [2.45, 2.75) is 31.0 Å². The first kappa shape index (κ1) is 20.8. The minimum absolute atomic E-state index is 0.117. The molecule has 2 N–H and O–H groups in total. The zero-order valence-corrected chi connectivity index (χ0v) is 17.2. The van der Waals surface area contributed by atoms with Gasteiger partial charge in [0.1, 0.15) is 17.7 Å². The van der Waals surface area contributed by atoms with Gasteiger partial charge >= 0.3 is 0 Å². The first-order valence-corrected chi connectivity index (χ1v) is 10.3. The number of hydrogen-bond donors (Lipinski definition) is 2. The average molecular weight is 415 g/mol. The molecule has 29 heavy (non-hydrogen) atoms. The summed E-state index contributed by atoms with van der Waals surface area (Å²) in [5.74, 6) is 0.0367. The quantitative estimate of drug-likeness (QED) is 0.457. The first-order chi connectivity index (χ1) is 13.9. The van der Waals surface area contributed by atoms with Gasteiger partial charge in [0.05, 0.1) is 0 Å². The molecule has 1 aromatic carbocycles. The highest BCUT2D eigenvalue weighted by Crippen LogP contribution is 2.21. The Labute approximate surface area is 171 Å². The molecule has 152 valence electrons. The highest BCUT2D eigenvalue weighted by atomic mass is 32.2. The molecule has 1 unspecified atom stereocenters. The second-order valence-electron chi connectivity index (χ2n) is 6.59. The molecule has 0 spiro atoms. The van der Waals surface area contributed by atoms with Gasteiger partial charge in [0.15, 0.2) is 5.16 Å². The minimum Gasteiger partial charge on any atom is -0.342 e. The van der Waals surface area contributed by atoms with Crippen molar-refractivity contribution in [1.82, 2.24) is 24.8 Å². The molecule has 0 saturated heterocycles. The molecule has 2 heterocycles. The van der Waals surface area contributed by atoms with Crippen LogP contribution in [0, 0.1) is 12.7 Å². The van der Waals surface area contributed by atoms with E-state index >= 15 is 0 Å².